The predicted octanol–water partition coefficient (Wildman–Crippen LogP) is 1.19. The minimum Gasteiger partial charge on any atom is -0.370 e. The van der Waals surface area contributed by atoms with E-state index in [9.17, 15) is 4.79 Å². The molecule has 98 valence electrons. The van der Waals surface area contributed by atoms with Crippen molar-refractivity contribution in [2.45, 2.75) is 6.42 Å². The Morgan fingerprint density at radius 3 is 2.78 bits per heavy atom. The molecule has 0 atom stereocenters. The second-order valence-corrected chi connectivity index (χ2v) is 4.28. The first-order valence-corrected chi connectivity index (χ1v) is 6.01. The molecule has 1 aliphatic heterocycles. The van der Waals surface area contributed by atoms with Crippen molar-refractivity contribution in [1.29, 1.82) is 0 Å². The molecule has 4 heteroatoms. The van der Waals surface area contributed by atoms with Gasteiger partial charge in [-0.2, -0.15) is 0 Å². The summed E-state index contributed by atoms with van der Waals surface area (Å²) in [5.74, 6) is -1.03. The Balaban J connectivity index is 2.21. The fraction of sp³-hybridized carbons (Fsp3) is 0.500. The number of benzene rings is 1. The van der Waals surface area contributed by atoms with Crippen molar-refractivity contribution in [1.82, 2.24) is 10.2 Å². The third kappa shape index (κ3) is 3.01. The van der Waals surface area contributed by atoms with Crippen LogP contribution in [0.4, 0.5) is 5.69 Å². The number of anilines is 1. The summed E-state index contributed by atoms with van der Waals surface area (Å²) in [5.41, 5.74) is 0.962. The lowest BCUT2D eigenvalue weighted by Crippen LogP contribution is -2.28. The number of nitrogens with one attached hydrogen (secondary N) is 1. The number of carbonyl (C=O) groups is 1. The van der Waals surface area contributed by atoms with E-state index in [1.165, 1.54) is 12.1 Å². The van der Waals surface area contributed by atoms with Gasteiger partial charge in [0.05, 0.1) is 0 Å². The molecule has 0 aromatic heterocycles. The molecule has 1 N–H and O–H groups in total. The van der Waals surface area contributed by atoms with Gasteiger partial charge in [0.2, 0.25) is 0 Å². The zero-order valence-corrected chi connectivity index (χ0v) is 10.1. The van der Waals surface area contributed by atoms with Crippen LogP contribution in [0.2, 0.25) is 0 Å². The van der Waals surface area contributed by atoms with E-state index in [0.717, 1.165) is 38.3 Å². The Kier molecular flexibility index (Phi) is 2.33. The number of hydrogen-bond donors (Lipinski definition) is 1. The number of rotatable bonds is 2. The first-order chi connectivity index (χ1) is 11.1. The van der Waals surface area contributed by atoms with Crippen LogP contribution in [0.25, 0.3) is 0 Å². The SMILES string of the molecule is [2H]C([2H])([2H])N(C(=O)c1ccc(N2CCCNCC2)cc1)C([2H])([2H])[2H]. The summed E-state index contributed by atoms with van der Waals surface area (Å²) >= 11 is 0. The molecule has 1 fully saturated rings. The molecule has 1 aliphatic rings. The smallest absolute Gasteiger partial charge is 0.253 e. The van der Waals surface area contributed by atoms with Crippen LogP contribution in [-0.4, -0.2) is 50.9 Å². The molecule has 4 nitrogen and oxygen atoms in total. The van der Waals surface area contributed by atoms with Crippen molar-refractivity contribution in [2.75, 3.05) is 45.0 Å². The zero-order valence-electron chi connectivity index (χ0n) is 16.1. The Labute approximate surface area is 117 Å². The largest absolute Gasteiger partial charge is 0.370 e. The maximum Gasteiger partial charge on any atom is 0.253 e. The van der Waals surface area contributed by atoms with Crippen molar-refractivity contribution in [2.24, 2.45) is 0 Å². The summed E-state index contributed by atoms with van der Waals surface area (Å²) < 4.78 is 43.9. The van der Waals surface area contributed by atoms with Crippen molar-refractivity contribution in [3.8, 4) is 0 Å². The van der Waals surface area contributed by atoms with E-state index in [-0.39, 0.29) is 10.5 Å². The lowest BCUT2D eigenvalue weighted by molar-refractivity contribution is 0.0827. The first kappa shape index (κ1) is 7.14. The van der Waals surface area contributed by atoms with E-state index >= 15 is 0 Å². The summed E-state index contributed by atoms with van der Waals surface area (Å²) in [5, 5.41) is 3.30. The molecule has 1 amide bonds. The number of carbonyl (C=O) groups excluding carboxylic acids is 1. The van der Waals surface area contributed by atoms with Crippen LogP contribution in [0.15, 0.2) is 24.3 Å². The van der Waals surface area contributed by atoms with Crippen molar-refractivity contribution >= 4 is 11.6 Å². The van der Waals surface area contributed by atoms with E-state index in [0.29, 0.717) is 0 Å². The molecule has 0 aliphatic carbocycles. The third-order valence-electron chi connectivity index (χ3n) is 3.02. The van der Waals surface area contributed by atoms with Gasteiger partial charge in [0.15, 0.2) is 0 Å². The lowest BCUT2D eigenvalue weighted by atomic mass is 10.1. The maximum atomic E-state index is 12.4. The summed E-state index contributed by atoms with van der Waals surface area (Å²) in [7, 11) is 0. The number of hydrogen-bond acceptors (Lipinski definition) is 3. The molecule has 0 bridgehead atoms. The fourth-order valence-corrected chi connectivity index (χ4v) is 2.05. The highest BCUT2D eigenvalue weighted by atomic mass is 16.2. The van der Waals surface area contributed by atoms with Crippen LogP contribution >= 0.6 is 0 Å². The van der Waals surface area contributed by atoms with Crippen LogP contribution in [0.5, 0.6) is 0 Å². The minimum atomic E-state index is -3.03. The highest BCUT2D eigenvalue weighted by molar-refractivity contribution is 5.94. The van der Waals surface area contributed by atoms with E-state index in [2.05, 4.69) is 10.2 Å². The summed E-state index contributed by atoms with van der Waals surface area (Å²) in [6.07, 6.45) is 1.01. The molecule has 0 spiro atoms. The maximum absolute atomic E-state index is 12.4. The molecule has 2 rings (SSSR count). The first-order valence-electron chi connectivity index (χ1n) is 9.01. The van der Waals surface area contributed by atoms with Gasteiger partial charge >= 0.3 is 0 Å². The van der Waals surface area contributed by atoms with E-state index in [1.807, 2.05) is 0 Å². The molecule has 0 saturated carbocycles. The third-order valence-corrected chi connectivity index (χ3v) is 3.02. The summed E-state index contributed by atoms with van der Waals surface area (Å²) in [4.78, 5) is 14.5. The molecule has 1 heterocycles. The van der Waals surface area contributed by atoms with Crippen LogP contribution < -0.4 is 10.2 Å². The molecule has 0 unspecified atom stereocenters. The molecule has 1 saturated heterocycles. The quantitative estimate of drug-likeness (QED) is 0.860. The molecule has 18 heavy (non-hydrogen) atoms. The van der Waals surface area contributed by atoms with Crippen LogP contribution in [0, 0.1) is 0 Å². The molecule has 1 aromatic carbocycles. The van der Waals surface area contributed by atoms with Gasteiger partial charge in [0, 0.05) is 53.1 Å². The minimum absolute atomic E-state index is 0.0230. The Morgan fingerprint density at radius 1 is 1.28 bits per heavy atom. The molecular formula is C14H21N3O. The van der Waals surface area contributed by atoms with E-state index < -0.39 is 19.9 Å². The highest BCUT2D eigenvalue weighted by Crippen LogP contribution is 2.16. The van der Waals surface area contributed by atoms with Crippen LogP contribution in [0.1, 0.15) is 25.0 Å². The van der Waals surface area contributed by atoms with Crippen molar-refractivity contribution in [3.63, 3.8) is 0 Å². The average molecular weight is 253 g/mol. The average Bonchev–Trinajstić information content (AvgIpc) is 2.73. The molecular weight excluding hydrogens is 226 g/mol. The Bertz CT molecular complexity index is 547. The monoisotopic (exact) mass is 253 g/mol. The summed E-state index contributed by atoms with van der Waals surface area (Å²) in [6, 6.07) is 6.38. The number of nitrogens with zero attached hydrogens (tertiary/aromatic N) is 2. The molecule has 0 radical (unpaired) electrons. The summed E-state index contributed by atoms with van der Waals surface area (Å²) in [6.45, 7) is -2.51. The second kappa shape index (κ2) is 5.87. The Morgan fingerprint density at radius 2 is 2.06 bits per heavy atom. The predicted molar refractivity (Wildman–Crippen MR) is 74.2 cm³/mol. The topological polar surface area (TPSA) is 35.6 Å². The van der Waals surface area contributed by atoms with Gasteiger partial charge in [0.1, 0.15) is 0 Å². The zero-order chi connectivity index (χ0) is 18.0. The van der Waals surface area contributed by atoms with Gasteiger partial charge < -0.3 is 15.1 Å². The van der Waals surface area contributed by atoms with Gasteiger partial charge in [0.25, 0.3) is 5.91 Å². The van der Waals surface area contributed by atoms with Gasteiger partial charge in [-0.05, 0) is 37.2 Å². The van der Waals surface area contributed by atoms with Gasteiger partial charge in [-0.15, -0.1) is 0 Å². The normalized spacial score (nSPS) is 22.6. The van der Waals surface area contributed by atoms with Gasteiger partial charge in [-0.3, -0.25) is 4.79 Å². The Hall–Kier alpha value is -1.55. The van der Waals surface area contributed by atoms with Crippen LogP contribution in [-0.2, 0) is 0 Å². The number of amides is 1. The van der Waals surface area contributed by atoms with E-state index in [4.69, 9.17) is 8.22 Å². The van der Waals surface area contributed by atoms with Gasteiger partial charge in [-0.1, -0.05) is 0 Å². The second-order valence-electron chi connectivity index (χ2n) is 4.28. The fourth-order valence-electron chi connectivity index (χ4n) is 2.05. The highest BCUT2D eigenvalue weighted by Gasteiger charge is 2.11. The van der Waals surface area contributed by atoms with Gasteiger partial charge in [-0.25, -0.2) is 0 Å². The van der Waals surface area contributed by atoms with Crippen molar-refractivity contribution < 1.29 is 13.0 Å². The van der Waals surface area contributed by atoms with Crippen LogP contribution in [0.3, 0.4) is 0 Å². The molecule has 1 aromatic rings. The lowest BCUT2D eigenvalue weighted by Gasteiger charge is -2.22. The standard InChI is InChI=1S/C14H21N3O/c1-16(2)14(18)12-4-6-13(7-5-12)17-10-3-8-15-9-11-17/h4-7,15H,3,8-11H2,1-2H3/i1D3,2D3. The van der Waals surface area contributed by atoms with E-state index in [1.54, 1.807) is 12.1 Å². The van der Waals surface area contributed by atoms with Crippen molar-refractivity contribution in [3.05, 3.63) is 29.8 Å².